The zero-order chi connectivity index (χ0) is 27.6. The third-order valence-corrected chi connectivity index (χ3v) is 9.08. The first-order valence-electron chi connectivity index (χ1n) is 13.9. The highest BCUT2D eigenvalue weighted by molar-refractivity contribution is 7.22. The number of fused-ring (bicyclic) bond motifs is 4. The Morgan fingerprint density at radius 3 is 2.29 bits per heavy atom. The quantitative estimate of drug-likeness (QED) is 0.234. The van der Waals surface area contributed by atoms with E-state index in [1.54, 1.807) is 11.3 Å². The summed E-state index contributed by atoms with van der Waals surface area (Å²) in [6.45, 7) is 0. The van der Waals surface area contributed by atoms with Gasteiger partial charge in [-0.3, -0.25) is 0 Å². The maximum absolute atomic E-state index is 6.49. The predicted molar refractivity (Wildman–Crippen MR) is 173 cm³/mol. The van der Waals surface area contributed by atoms with Gasteiger partial charge in [0.25, 0.3) is 0 Å². The van der Waals surface area contributed by atoms with Gasteiger partial charge in [0.15, 0.2) is 0 Å². The lowest BCUT2D eigenvalue weighted by atomic mass is 9.90. The largest absolute Gasteiger partial charge is 0.463 e. The molecular formula is C37H22N2O2S. The van der Waals surface area contributed by atoms with Gasteiger partial charge in [0.1, 0.15) is 22.9 Å². The van der Waals surface area contributed by atoms with Crippen LogP contribution in [-0.4, -0.2) is 9.97 Å². The van der Waals surface area contributed by atoms with Crippen LogP contribution in [0.2, 0.25) is 0 Å². The zero-order valence-corrected chi connectivity index (χ0v) is 23.1. The van der Waals surface area contributed by atoms with Gasteiger partial charge in [-0.2, -0.15) is 0 Å². The summed E-state index contributed by atoms with van der Waals surface area (Å²) in [5.74, 6) is 2.42. The molecule has 0 bridgehead atoms. The Hall–Kier alpha value is -5.39. The summed E-state index contributed by atoms with van der Waals surface area (Å²) in [5.41, 5.74) is 6.81. The summed E-state index contributed by atoms with van der Waals surface area (Å²) in [7, 11) is 0. The lowest BCUT2D eigenvalue weighted by molar-refractivity contribution is 0.587. The van der Waals surface area contributed by atoms with Gasteiger partial charge in [0, 0.05) is 48.0 Å². The van der Waals surface area contributed by atoms with E-state index in [-0.39, 0.29) is 0 Å². The highest BCUT2D eigenvalue weighted by atomic mass is 32.1. The summed E-state index contributed by atoms with van der Waals surface area (Å²) < 4.78 is 14.2. The SMILES string of the molecule is c1ccc2oc(-c3ccc(-c4nc5ccccc5[nH]4)c(-c4occ5ccccc45)c3-c3cc4ccccc4s3)cc2c1. The van der Waals surface area contributed by atoms with Gasteiger partial charge < -0.3 is 13.8 Å². The molecule has 0 amide bonds. The molecule has 0 atom stereocenters. The molecule has 42 heavy (non-hydrogen) atoms. The molecule has 0 spiro atoms. The highest BCUT2D eigenvalue weighted by Gasteiger charge is 2.26. The lowest BCUT2D eigenvalue weighted by Crippen LogP contribution is -1.93. The second-order valence-electron chi connectivity index (χ2n) is 10.5. The Morgan fingerprint density at radius 2 is 1.40 bits per heavy atom. The molecule has 0 saturated carbocycles. The van der Waals surface area contributed by atoms with Crippen molar-refractivity contribution in [2.45, 2.75) is 0 Å². The normalized spacial score (nSPS) is 11.8. The molecule has 4 nitrogen and oxygen atoms in total. The molecule has 198 valence electrons. The van der Waals surface area contributed by atoms with Crippen molar-refractivity contribution in [3.63, 3.8) is 0 Å². The second-order valence-corrected chi connectivity index (χ2v) is 11.5. The van der Waals surface area contributed by atoms with Crippen LogP contribution in [0.3, 0.4) is 0 Å². The molecule has 0 fully saturated rings. The van der Waals surface area contributed by atoms with Crippen LogP contribution in [0.1, 0.15) is 0 Å². The van der Waals surface area contributed by atoms with Crippen molar-refractivity contribution in [3.8, 4) is 44.5 Å². The van der Waals surface area contributed by atoms with Crippen molar-refractivity contribution < 1.29 is 8.83 Å². The average Bonchev–Trinajstić information content (AvgIpc) is 3.83. The Morgan fingerprint density at radius 1 is 0.643 bits per heavy atom. The number of benzene rings is 5. The Labute approximate surface area is 244 Å². The number of thiophene rings is 1. The average molecular weight is 559 g/mol. The molecule has 5 heteroatoms. The van der Waals surface area contributed by atoms with E-state index in [9.17, 15) is 0 Å². The third-order valence-electron chi connectivity index (χ3n) is 7.95. The van der Waals surface area contributed by atoms with Crippen molar-refractivity contribution >= 4 is 54.2 Å². The van der Waals surface area contributed by atoms with Crippen LogP contribution in [0.4, 0.5) is 0 Å². The number of hydrogen-bond acceptors (Lipinski definition) is 4. The van der Waals surface area contributed by atoms with Crippen LogP contribution in [-0.2, 0) is 0 Å². The van der Waals surface area contributed by atoms with Crippen molar-refractivity contribution in [2.75, 3.05) is 0 Å². The molecule has 0 radical (unpaired) electrons. The number of furan rings is 2. The van der Waals surface area contributed by atoms with Crippen molar-refractivity contribution in [2.24, 2.45) is 0 Å². The summed E-state index contributed by atoms with van der Waals surface area (Å²) in [6, 6.07) is 41.8. The number of aromatic amines is 1. The van der Waals surface area contributed by atoms with E-state index in [4.69, 9.17) is 13.8 Å². The minimum Gasteiger partial charge on any atom is -0.463 e. The van der Waals surface area contributed by atoms with Crippen molar-refractivity contribution in [3.05, 3.63) is 128 Å². The third kappa shape index (κ3) is 3.57. The maximum Gasteiger partial charge on any atom is 0.143 e. The second kappa shape index (κ2) is 9.06. The molecule has 9 rings (SSSR count). The molecule has 4 heterocycles. The monoisotopic (exact) mass is 558 g/mol. The Balaban J connectivity index is 1.43. The fourth-order valence-electron chi connectivity index (χ4n) is 5.98. The van der Waals surface area contributed by atoms with Crippen molar-refractivity contribution in [1.82, 2.24) is 9.97 Å². The number of rotatable bonds is 4. The number of aromatic nitrogens is 2. The standard InChI is InChI=1S/C37H22N2O2S/c1-4-12-25-24(11-1)21-40-36(25)35-27(37-38-28-13-5-6-14-29(28)39-37)18-17-26(31-19-22-9-2-7-15-30(22)41-31)34(35)33-20-23-10-3-8-16-32(23)42-33/h1-21H,(H,38,39). The summed E-state index contributed by atoms with van der Waals surface area (Å²) in [5, 5.41) is 4.39. The fourth-order valence-corrected chi connectivity index (χ4v) is 7.11. The minimum atomic E-state index is 0.796. The molecule has 0 aliphatic carbocycles. The van der Waals surface area contributed by atoms with Gasteiger partial charge >= 0.3 is 0 Å². The van der Waals surface area contributed by atoms with E-state index in [2.05, 4.69) is 83.8 Å². The predicted octanol–water partition coefficient (Wildman–Crippen LogP) is 10.9. The zero-order valence-electron chi connectivity index (χ0n) is 22.3. The number of hydrogen-bond donors (Lipinski definition) is 1. The van der Waals surface area contributed by atoms with E-state index < -0.39 is 0 Å². The maximum atomic E-state index is 6.49. The van der Waals surface area contributed by atoms with Crippen LogP contribution in [0.5, 0.6) is 0 Å². The van der Waals surface area contributed by atoms with Crippen molar-refractivity contribution in [1.29, 1.82) is 0 Å². The Bertz CT molecular complexity index is 2340. The molecule has 5 aromatic carbocycles. The van der Waals surface area contributed by atoms with Crippen LogP contribution in [0, 0.1) is 0 Å². The lowest BCUT2D eigenvalue weighted by Gasteiger charge is -2.16. The molecule has 4 aromatic heterocycles. The number of imidazole rings is 1. The number of nitrogens with one attached hydrogen (secondary N) is 1. The van der Waals surface area contributed by atoms with E-state index in [1.165, 1.54) is 10.1 Å². The van der Waals surface area contributed by atoms with E-state index in [0.717, 1.165) is 77.3 Å². The smallest absolute Gasteiger partial charge is 0.143 e. The van der Waals surface area contributed by atoms with Gasteiger partial charge in [-0.15, -0.1) is 11.3 Å². The fraction of sp³-hybridized carbons (Fsp3) is 0. The molecule has 0 aliphatic rings. The van der Waals surface area contributed by atoms with Crippen LogP contribution in [0.15, 0.2) is 136 Å². The number of nitrogens with zero attached hydrogens (tertiary/aromatic N) is 1. The Kier molecular flexibility index (Phi) is 5.03. The number of H-pyrrole nitrogens is 1. The van der Waals surface area contributed by atoms with E-state index in [0.29, 0.717) is 0 Å². The molecule has 0 unspecified atom stereocenters. The van der Waals surface area contributed by atoms with Gasteiger partial charge in [-0.25, -0.2) is 4.98 Å². The van der Waals surface area contributed by atoms with E-state index in [1.807, 2.05) is 48.7 Å². The van der Waals surface area contributed by atoms with Gasteiger partial charge in [-0.1, -0.05) is 72.8 Å². The topological polar surface area (TPSA) is 55.0 Å². The highest BCUT2D eigenvalue weighted by Crippen LogP contribution is 2.50. The van der Waals surface area contributed by atoms with E-state index >= 15 is 0 Å². The summed E-state index contributed by atoms with van der Waals surface area (Å²) in [6.07, 6.45) is 1.84. The minimum absolute atomic E-state index is 0.796. The van der Waals surface area contributed by atoms with Gasteiger partial charge in [0.2, 0.25) is 0 Å². The van der Waals surface area contributed by atoms with Gasteiger partial charge in [0.05, 0.1) is 17.3 Å². The van der Waals surface area contributed by atoms with Crippen LogP contribution < -0.4 is 0 Å². The molecular weight excluding hydrogens is 536 g/mol. The molecule has 0 aliphatic heterocycles. The number of para-hydroxylation sites is 3. The van der Waals surface area contributed by atoms with Crippen LogP contribution >= 0.6 is 11.3 Å². The first kappa shape index (κ1) is 23.3. The van der Waals surface area contributed by atoms with Crippen LogP contribution in [0.25, 0.3) is 87.3 Å². The first-order valence-corrected chi connectivity index (χ1v) is 14.7. The first-order chi connectivity index (χ1) is 20.8. The molecule has 0 saturated heterocycles. The summed E-state index contributed by atoms with van der Waals surface area (Å²) in [4.78, 5) is 9.75. The summed E-state index contributed by atoms with van der Waals surface area (Å²) >= 11 is 1.78. The molecule has 9 aromatic rings. The molecule has 1 N–H and O–H groups in total. The van der Waals surface area contributed by atoms with Gasteiger partial charge in [-0.05, 0) is 53.9 Å².